The topological polar surface area (TPSA) is 17.1 Å². The summed E-state index contributed by atoms with van der Waals surface area (Å²) in [6.45, 7) is 2.12. The molecular weight excluding hydrogens is 148 g/mol. The summed E-state index contributed by atoms with van der Waals surface area (Å²) >= 11 is 0. The molecule has 0 saturated carbocycles. The van der Waals surface area contributed by atoms with E-state index in [0.29, 0.717) is 5.92 Å². The minimum Gasteiger partial charge on any atom is -0.303 e. The summed E-state index contributed by atoms with van der Waals surface area (Å²) in [6.07, 6.45) is 12.7. The second-order valence-corrected chi connectivity index (χ2v) is 3.24. The zero-order valence-corrected chi connectivity index (χ0v) is 7.57. The molecule has 1 nitrogen and oxygen atoms in total. The third kappa shape index (κ3) is 2.33. The van der Waals surface area contributed by atoms with E-state index in [9.17, 15) is 4.79 Å². The van der Waals surface area contributed by atoms with Crippen molar-refractivity contribution in [3.8, 4) is 0 Å². The normalized spacial score (nSPS) is 29.4. The van der Waals surface area contributed by atoms with Crippen molar-refractivity contribution in [2.75, 3.05) is 0 Å². The quantitative estimate of drug-likeness (QED) is 0.463. The van der Waals surface area contributed by atoms with Gasteiger partial charge in [-0.3, -0.25) is 0 Å². The molecule has 0 saturated heterocycles. The largest absolute Gasteiger partial charge is 0.303 e. The van der Waals surface area contributed by atoms with Crippen LogP contribution in [0.15, 0.2) is 24.3 Å². The summed E-state index contributed by atoms with van der Waals surface area (Å²) in [5, 5.41) is 0. The Hall–Kier alpha value is -0.850. The van der Waals surface area contributed by atoms with Crippen molar-refractivity contribution in [2.24, 2.45) is 11.8 Å². The van der Waals surface area contributed by atoms with Crippen molar-refractivity contribution in [1.82, 2.24) is 0 Å². The Morgan fingerprint density at radius 1 is 1.33 bits per heavy atom. The highest BCUT2D eigenvalue weighted by Gasteiger charge is 2.18. The van der Waals surface area contributed by atoms with Gasteiger partial charge < -0.3 is 4.79 Å². The maximum atomic E-state index is 10.7. The van der Waals surface area contributed by atoms with E-state index in [1.807, 2.05) is 0 Å². The molecule has 0 aliphatic heterocycles. The standard InChI is InChI=1S/C11H16O/c1-2-3-6-10-7-4-5-8-11(10)9-12/h3-6,9-11H,2,7-8H2,1H3/b6-3+. The predicted octanol–water partition coefficient (Wildman–Crippen LogP) is 2.73. The first-order chi connectivity index (χ1) is 5.88. The van der Waals surface area contributed by atoms with Gasteiger partial charge in [0.2, 0.25) is 0 Å². The van der Waals surface area contributed by atoms with Crippen LogP contribution in [0.25, 0.3) is 0 Å². The molecule has 0 aromatic heterocycles. The van der Waals surface area contributed by atoms with Crippen LogP contribution in [0.1, 0.15) is 26.2 Å². The van der Waals surface area contributed by atoms with Crippen LogP contribution in [-0.4, -0.2) is 6.29 Å². The molecule has 2 atom stereocenters. The maximum Gasteiger partial charge on any atom is 0.123 e. The number of hydrogen-bond donors (Lipinski definition) is 0. The number of carbonyl (C=O) groups is 1. The molecular formula is C11H16O. The molecule has 12 heavy (non-hydrogen) atoms. The van der Waals surface area contributed by atoms with E-state index in [2.05, 4.69) is 31.2 Å². The zero-order valence-electron chi connectivity index (χ0n) is 7.57. The first kappa shape index (κ1) is 9.24. The Bertz CT molecular complexity index is 191. The molecule has 0 aromatic carbocycles. The van der Waals surface area contributed by atoms with Gasteiger partial charge in [0.1, 0.15) is 6.29 Å². The maximum absolute atomic E-state index is 10.7. The Morgan fingerprint density at radius 2 is 2.00 bits per heavy atom. The summed E-state index contributed by atoms with van der Waals surface area (Å²) in [5.41, 5.74) is 0. The lowest BCUT2D eigenvalue weighted by molar-refractivity contribution is -0.112. The third-order valence-corrected chi connectivity index (χ3v) is 2.33. The third-order valence-electron chi connectivity index (χ3n) is 2.33. The van der Waals surface area contributed by atoms with E-state index in [-0.39, 0.29) is 5.92 Å². The van der Waals surface area contributed by atoms with Crippen molar-refractivity contribution in [2.45, 2.75) is 26.2 Å². The molecule has 1 heteroatoms. The SMILES string of the molecule is CC/C=C/C1CC=CCC1C=O. The van der Waals surface area contributed by atoms with E-state index in [1.54, 1.807) is 0 Å². The predicted molar refractivity (Wildman–Crippen MR) is 50.8 cm³/mol. The first-order valence-electron chi connectivity index (χ1n) is 4.65. The average Bonchev–Trinajstić information content (AvgIpc) is 2.15. The molecule has 1 aliphatic carbocycles. The Balaban J connectivity index is 2.54. The molecule has 2 unspecified atom stereocenters. The number of carbonyl (C=O) groups excluding carboxylic acids is 1. The van der Waals surface area contributed by atoms with Gasteiger partial charge in [-0.15, -0.1) is 0 Å². The number of rotatable bonds is 3. The highest BCUT2D eigenvalue weighted by atomic mass is 16.1. The van der Waals surface area contributed by atoms with Crippen molar-refractivity contribution < 1.29 is 4.79 Å². The highest BCUT2D eigenvalue weighted by Crippen LogP contribution is 2.24. The van der Waals surface area contributed by atoms with Crippen LogP contribution in [0.5, 0.6) is 0 Å². The number of hydrogen-bond acceptors (Lipinski definition) is 1. The Labute approximate surface area is 74.2 Å². The fraction of sp³-hybridized carbons (Fsp3) is 0.545. The van der Waals surface area contributed by atoms with E-state index in [0.717, 1.165) is 25.5 Å². The van der Waals surface area contributed by atoms with Crippen LogP contribution >= 0.6 is 0 Å². The van der Waals surface area contributed by atoms with E-state index < -0.39 is 0 Å². The number of allylic oxidation sites excluding steroid dienone is 4. The van der Waals surface area contributed by atoms with Crippen molar-refractivity contribution in [3.63, 3.8) is 0 Å². The fourth-order valence-electron chi connectivity index (χ4n) is 1.54. The summed E-state index contributed by atoms with van der Waals surface area (Å²) in [5.74, 6) is 0.672. The van der Waals surface area contributed by atoms with Crippen molar-refractivity contribution >= 4 is 6.29 Å². The van der Waals surface area contributed by atoms with Crippen LogP contribution in [0.2, 0.25) is 0 Å². The van der Waals surface area contributed by atoms with Gasteiger partial charge in [0.15, 0.2) is 0 Å². The monoisotopic (exact) mass is 164 g/mol. The van der Waals surface area contributed by atoms with Crippen molar-refractivity contribution in [1.29, 1.82) is 0 Å². The summed E-state index contributed by atoms with van der Waals surface area (Å²) in [4.78, 5) is 10.7. The minimum absolute atomic E-state index is 0.220. The average molecular weight is 164 g/mol. The van der Waals surface area contributed by atoms with E-state index >= 15 is 0 Å². The van der Waals surface area contributed by atoms with Gasteiger partial charge in [-0.05, 0) is 25.2 Å². The van der Waals surface area contributed by atoms with E-state index in [1.165, 1.54) is 0 Å². The second-order valence-electron chi connectivity index (χ2n) is 3.24. The van der Waals surface area contributed by atoms with Crippen LogP contribution in [0.3, 0.4) is 0 Å². The molecule has 0 bridgehead atoms. The molecule has 0 amide bonds. The van der Waals surface area contributed by atoms with Gasteiger partial charge in [0.25, 0.3) is 0 Å². The van der Waals surface area contributed by atoms with Crippen LogP contribution in [-0.2, 0) is 4.79 Å². The molecule has 1 aliphatic rings. The van der Waals surface area contributed by atoms with Crippen LogP contribution in [0, 0.1) is 11.8 Å². The molecule has 0 N–H and O–H groups in total. The molecule has 0 fully saturated rings. The van der Waals surface area contributed by atoms with Gasteiger partial charge in [-0.25, -0.2) is 0 Å². The molecule has 1 rings (SSSR count). The lowest BCUT2D eigenvalue weighted by atomic mass is 9.84. The van der Waals surface area contributed by atoms with Crippen LogP contribution < -0.4 is 0 Å². The molecule has 0 aromatic rings. The highest BCUT2D eigenvalue weighted by molar-refractivity contribution is 5.55. The zero-order chi connectivity index (χ0) is 8.81. The Kier molecular flexibility index (Phi) is 3.78. The summed E-state index contributed by atoms with van der Waals surface area (Å²) < 4.78 is 0. The fourth-order valence-corrected chi connectivity index (χ4v) is 1.54. The van der Waals surface area contributed by atoms with Crippen LogP contribution in [0.4, 0.5) is 0 Å². The van der Waals surface area contributed by atoms with Gasteiger partial charge in [-0.1, -0.05) is 31.2 Å². The summed E-state index contributed by atoms with van der Waals surface area (Å²) in [6, 6.07) is 0. The molecule has 66 valence electrons. The van der Waals surface area contributed by atoms with Gasteiger partial charge >= 0.3 is 0 Å². The molecule has 0 spiro atoms. The van der Waals surface area contributed by atoms with Crippen molar-refractivity contribution in [3.05, 3.63) is 24.3 Å². The Morgan fingerprint density at radius 3 is 2.58 bits per heavy atom. The van der Waals surface area contributed by atoms with Gasteiger partial charge in [-0.2, -0.15) is 0 Å². The van der Waals surface area contributed by atoms with Gasteiger partial charge in [0.05, 0.1) is 0 Å². The van der Waals surface area contributed by atoms with Gasteiger partial charge in [0, 0.05) is 5.92 Å². The smallest absolute Gasteiger partial charge is 0.123 e. The lowest BCUT2D eigenvalue weighted by Gasteiger charge is -2.20. The van der Waals surface area contributed by atoms with E-state index in [4.69, 9.17) is 0 Å². The summed E-state index contributed by atoms with van der Waals surface area (Å²) in [7, 11) is 0. The lowest BCUT2D eigenvalue weighted by Crippen LogP contribution is -2.15. The number of aldehydes is 1. The molecule has 0 radical (unpaired) electrons. The molecule has 0 heterocycles. The second kappa shape index (κ2) is 4.91. The minimum atomic E-state index is 0.220. The first-order valence-corrected chi connectivity index (χ1v) is 4.65.